The van der Waals surface area contributed by atoms with Gasteiger partial charge in [-0.3, -0.25) is 15.1 Å². The summed E-state index contributed by atoms with van der Waals surface area (Å²) in [7, 11) is 0. The fraction of sp³-hybridized carbons (Fsp3) is 0.0625. The van der Waals surface area contributed by atoms with Gasteiger partial charge in [-0.15, -0.1) is 0 Å². The second-order valence-electron chi connectivity index (χ2n) is 4.87. The van der Waals surface area contributed by atoms with E-state index >= 15 is 0 Å². The molecule has 0 amide bonds. The summed E-state index contributed by atoms with van der Waals surface area (Å²) in [5.74, 6) is 0. The Hall–Kier alpha value is -3.35. The molecule has 2 aromatic carbocycles. The highest BCUT2D eigenvalue weighted by Crippen LogP contribution is 2.15. The van der Waals surface area contributed by atoms with Gasteiger partial charge in [-0.05, 0) is 35.4 Å². The number of nitro groups is 1. The molecule has 7 heteroatoms. The standard InChI is InChI=1S/C16H13N5O2/c22-21(23)16-7-3-13(4-8-16)9-18-15-5-1-14(2-6-15)10-20-12-17-11-19-20/h1-9,11-12H,10H2. The van der Waals surface area contributed by atoms with Crippen molar-refractivity contribution >= 4 is 17.6 Å². The number of aromatic nitrogens is 3. The largest absolute Gasteiger partial charge is 0.269 e. The fourth-order valence-electron chi connectivity index (χ4n) is 2.02. The highest BCUT2D eigenvalue weighted by molar-refractivity contribution is 5.82. The quantitative estimate of drug-likeness (QED) is 0.412. The van der Waals surface area contributed by atoms with Gasteiger partial charge in [-0.2, -0.15) is 5.10 Å². The van der Waals surface area contributed by atoms with Crippen LogP contribution in [0.15, 0.2) is 66.2 Å². The van der Waals surface area contributed by atoms with Gasteiger partial charge in [0.2, 0.25) is 0 Å². The molecular formula is C16H13N5O2. The lowest BCUT2D eigenvalue weighted by Crippen LogP contribution is -1.99. The fourth-order valence-corrected chi connectivity index (χ4v) is 2.02. The molecule has 3 aromatic rings. The molecule has 0 fully saturated rings. The van der Waals surface area contributed by atoms with Crippen LogP contribution in [-0.2, 0) is 6.54 Å². The van der Waals surface area contributed by atoms with E-state index in [1.807, 2.05) is 24.3 Å². The Balaban J connectivity index is 1.66. The van der Waals surface area contributed by atoms with Crippen LogP contribution in [0.4, 0.5) is 11.4 Å². The van der Waals surface area contributed by atoms with Crippen LogP contribution in [0.1, 0.15) is 11.1 Å². The number of non-ortho nitro benzene ring substituents is 1. The molecule has 0 bridgehead atoms. The van der Waals surface area contributed by atoms with E-state index < -0.39 is 4.92 Å². The molecule has 0 aliphatic carbocycles. The first-order valence-electron chi connectivity index (χ1n) is 6.90. The molecule has 0 spiro atoms. The summed E-state index contributed by atoms with van der Waals surface area (Å²) in [6, 6.07) is 14.0. The SMILES string of the molecule is O=[N+]([O-])c1ccc(C=Nc2ccc(Cn3cncn3)cc2)cc1. The van der Waals surface area contributed by atoms with Gasteiger partial charge >= 0.3 is 0 Å². The molecule has 0 radical (unpaired) electrons. The second-order valence-corrected chi connectivity index (χ2v) is 4.87. The zero-order valence-electron chi connectivity index (χ0n) is 12.1. The molecular weight excluding hydrogens is 294 g/mol. The van der Waals surface area contributed by atoms with Crippen molar-refractivity contribution in [1.82, 2.24) is 14.8 Å². The topological polar surface area (TPSA) is 86.2 Å². The van der Waals surface area contributed by atoms with Gasteiger partial charge in [-0.1, -0.05) is 12.1 Å². The summed E-state index contributed by atoms with van der Waals surface area (Å²) < 4.78 is 1.75. The number of nitro benzene ring substituents is 1. The van der Waals surface area contributed by atoms with E-state index in [1.54, 1.807) is 29.4 Å². The molecule has 3 rings (SSSR count). The number of nitrogens with zero attached hydrogens (tertiary/aromatic N) is 5. The van der Waals surface area contributed by atoms with Crippen LogP contribution in [0.5, 0.6) is 0 Å². The van der Waals surface area contributed by atoms with Crippen LogP contribution >= 0.6 is 0 Å². The summed E-state index contributed by atoms with van der Waals surface area (Å²) in [6.07, 6.45) is 4.85. The van der Waals surface area contributed by atoms with Crippen molar-refractivity contribution in [3.63, 3.8) is 0 Å². The number of hydrogen-bond donors (Lipinski definition) is 0. The number of rotatable bonds is 5. The van der Waals surface area contributed by atoms with Crippen LogP contribution in [0.25, 0.3) is 0 Å². The number of benzene rings is 2. The molecule has 1 aromatic heterocycles. The average molecular weight is 307 g/mol. The van der Waals surface area contributed by atoms with Gasteiger partial charge in [0, 0.05) is 18.3 Å². The molecule has 7 nitrogen and oxygen atoms in total. The van der Waals surface area contributed by atoms with Crippen molar-refractivity contribution in [2.75, 3.05) is 0 Å². The number of hydrogen-bond acceptors (Lipinski definition) is 5. The molecule has 0 atom stereocenters. The molecule has 23 heavy (non-hydrogen) atoms. The molecule has 0 N–H and O–H groups in total. The summed E-state index contributed by atoms with van der Waals surface area (Å²) in [4.78, 5) is 18.4. The van der Waals surface area contributed by atoms with Gasteiger partial charge in [0.1, 0.15) is 12.7 Å². The normalized spacial score (nSPS) is 11.0. The van der Waals surface area contributed by atoms with Gasteiger partial charge in [0.05, 0.1) is 17.2 Å². The van der Waals surface area contributed by atoms with Crippen LogP contribution in [0, 0.1) is 10.1 Å². The Labute approximate surface area is 132 Å². The monoisotopic (exact) mass is 307 g/mol. The highest BCUT2D eigenvalue weighted by atomic mass is 16.6. The predicted octanol–water partition coefficient (Wildman–Crippen LogP) is 2.99. The molecule has 0 unspecified atom stereocenters. The Morgan fingerprint density at radius 3 is 2.48 bits per heavy atom. The highest BCUT2D eigenvalue weighted by Gasteiger charge is 2.02. The van der Waals surface area contributed by atoms with Gasteiger partial charge in [0.15, 0.2) is 0 Å². The minimum Gasteiger partial charge on any atom is -0.258 e. The molecule has 0 saturated carbocycles. The first-order chi connectivity index (χ1) is 11.2. The van der Waals surface area contributed by atoms with E-state index in [2.05, 4.69) is 15.1 Å². The maximum Gasteiger partial charge on any atom is 0.269 e. The minimum absolute atomic E-state index is 0.0691. The lowest BCUT2D eigenvalue weighted by Gasteiger charge is -2.01. The summed E-state index contributed by atoms with van der Waals surface area (Å²) in [5.41, 5.74) is 2.79. The average Bonchev–Trinajstić information content (AvgIpc) is 3.07. The Morgan fingerprint density at radius 2 is 1.87 bits per heavy atom. The molecule has 0 aliphatic heterocycles. The molecule has 0 saturated heterocycles. The van der Waals surface area contributed by atoms with Crippen LogP contribution in [-0.4, -0.2) is 25.9 Å². The van der Waals surface area contributed by atoms with Crippen molar-refractivity contribution in [3.8, 4) is 0 Å². The van der Waals surface area contributed by atoms with E-state index in [0.29, 0.717) is 6.54 Å². The van der Waals surface area contributed by atoms with E-state index in [-0.39, 0.29) is 5.69 Å². The van der Waals surface area contributed by atoms with Crippen molar-refractivity contribution in [1.29, 1.82) is 0 Å². The third-order valence-electron chi connectivity index (χ3n) is 3.21. The third-order valence-corrected chi connectivity index (χ3v) is 3.21. The maximum absolute atomic E-state index is 10.6. The van der Waals surface area contributed by atoms with Crippen molar-refractivity contribution in [2.45, 2.75) is 6.54 Å². The number of aliphatic imine (C=N–C) groups is 1. The van der Waals surface area contributed by atoms with Crippen molar-refractivity contribution in [2.24, 2.45) is 4.99 Å². The molecule has 114 valence electrons. The first-order valence-corrected chi connectivity index (χ1v) is 6.90. The van der Waals surface area contributed by atoms with Gasteiger partial charge < -0.3 is 0 Å². The lowest BCUT2D eigenvalue weighted by molar-refractivity contribution is -0.384. The van der Waals surface area contributed by atoms with E-state index in [4.69, 9.17) is 0 Å². The van der Waals surface area contributed by atoms with Crippen molar-refractivity contribution in [3.05, 3.63) is 82.4 Å². The van der Waals surface area contributed by atoms with E-state index in [0.717, 1.165) is 16.8 Å². The Bertz CT molecular complexity index is 809. The Kier molecular flexibility index (Phi) is 4.19. The van der Waals surface area contributed by atoms with Gasteiger partial charge in [0.25, 0.3) is 5.69 Å². The molecule has 1 heterocycles. The second kappa shape index (κ2) is 6.61. The summed E-state index contributed by atoms with van der Waals surface area (Å²) in [6.45, 7) is 0.659. The summed E-state index contributed by atoms with van der Waals surface area (Å²) >= 11 is 0. The third kappa shape index (κ3) is 3.85. The maximum atomic E-state index is 10.6. The summed E-state index contributed by atoms with van der Waals surface area (Å²) in [5, 5.41) is 14.7. The van der Waals surface area contributed by atoms with E-state index in [9.17, 15) is 10.1 Å². The zero-order chi connectivity index (χ0) is 16.1. The van der Waals surface area contributed by atoms with Crippen LogP contribution < -0.4 is 0 Å². The predicted molar refractivity (Wildman–Crippen MR) is 85.9 cm³/mol. The Morgan fingerprint density at radius 1 is 1.13 bits per heavy atom. The zero-order valence-corrected chi connectivity index (χ0v) is 12.1. The van der Waals surface area contributed by atoms with Crippen LogP contribution in [0.3, 0.4) is 0 Å². The lowest BCUT2D eigenvalue weighted by atomic mass is 10.2. The smallest absolute Gasteiger partial charge is 0.258 e. The molecule has 0 aliphatic rings. The minimum atomic E-state index is -0.422. The van der Waals surface area contributed by atoms with E-state index in [1.165, 1.54) is 18.5 Å². The van der Waals surface area contributed by atoms with Gasteiger partial charge in [-0.25, -0.2) is 9.67 Å². The van der Waals surface area contributed by atoms with Crippen molar-refractivity contribution < 1.29 is 4.92 Å². The first kappa shape index (κ1) is 14.6. The van der Waals surface area contributed by atoms with Crippen LogP contribution in [0.2, 0.25) is 0 Å².